The highest BCUT2D eigenvalue weighted by Gasteiger charge is 2.53. The molecule has 4 fully saturated rings. The maximum absolute atomic E-state index is 12.5. The molecule has 26 heavy (non-hydrogen) atoms. The number of rotatable bonds is 3. The topological polar surface area (TPSA) is 42.0 Å². The van der Waals surface area contributed by atoms with Gasteiger partial charge in [0.2, 0.25) is 0 Å². The third-order valence-corrected chi connectivity index (χ3v) is 7.80. The van der Waals surface area contributed by atoms with E-state index in [1.54, 1.807) is 35.6 Å². The predicted octanol–water partition coefficient (Wildman–Crippen LogP) is 5.83. The van der Waals surface area contributed by atoms with E-state index in [0.717, 1.165) is 22.9 Å². The molecule has 4 aliphatic rings. The highest BCUT2D eigenvalue weighted by atomic mass is 35.5. The van der Waals surface area contributed by atoms with Gasteiger partial charge in [-0.25, -0.2) is 4.98 Å². The molecule has 0 spiro atoms. The summed E-state index contributed by atoms with van der Waals surface area (Å²) in [5.41, 5.74) is 2.16. The molecule has 0 saturated heterocycles. The lowest BCUT2D eigenvalue weighted by atomic mass is 9.48. The number of aryl methyl sites for hydroxylation is 1. The Morgan fingerprint density at radius 2 is 1.69 bits per heavy atom. The number of hydrogen-bond acceptors (Lipinski definition) is 3. The van der Waals surface area contributed by atoms with Crippen LogP contribution in [0.5, 0.6) is 0 Å². The second-order valence-electron chi connectivity index (χ2n) is 8.58. The van der Waals surface area contributed by atoms with Crippen LogP contribution in [0, 0.1) is 24.7 Å². The van der Waals surface area contributed by atoms with Crippen LogP contribution in [-0.2, 0) is 5.41 Å². The lowest BCUT2D eigenvalue weighted by molar-refractivity contribution is -0.00715. The van der Waals surface area contributed by atoms with Gasteiger partial charge in [0, 0.05) is 20.9 Å². The lowest BCUT2D eigenvalue weighted by Crippen LogP contribution is -2.49. The van der Waals surface area contributed by atoms with Crippen molar-refractivity contribution in [3.63, 3.8) is 0 Å². The molecule has 6 rings (SSSR count). The minimum atomic E-state index is -0.118. The van der Waals surface area contributed by atoms with E-state index in [-0.39, 0.29) is 11.3 Å². The number of benzene rings is 1. The van der Waals surface area contributed by atoms with Crippen molar-refractivity contribution in [3.05, 3.63) is 45.4 Å². The van der Waals surface area contributed by atoms with Gasteiger partial charge in [0.25, 0.3) is 5.91 Å². The highest BCUT2D eigenvalue weighted by Crippen LogP contribution is 2.61. The first-order chi connectivity index (χ1) is 12.5. The lowest BCUT2D eigenvalue weighted by Gasteiger charge is -2.56. The van der Waals surface area contributed by atoms with Crippen LogP contribution in [0.2, 0.25) is 5.02 Å². The molecule has 4 bridgehead atoms. The molecular weight excluding hydrogens is 364 g/mol. The monoisotopic (exact) mass is 386 g/mol. The number of carbonyl (C=O) groups is 1. The molecular formula is C21H23ClN2OS. The van der Waals surface area contributed by atoms with Gasteiger partial charge in [0.15, 0.2) is 5.13 Å². The molecule has 4 saturated carbocycles. The summed E-state index contributed by atoms with van der Waals surface area (Å²) in [6, 6.07) is 6.98. The summed E-state index contributed by atoms with van der Waals surface area (Å²) < 4.78 is 0. The number of amides is 1. The molecule has 0 aliphatic heterocycles. The second-order valence-corrected chi connectivity index (χ2v) is 10.2. The zero-order valence-corrected chi connectivity index (χ0v) is 16.5. The van der Waals surface area contributed by atoms with E-state index >= 15 is 0 Å². The van der Waals surface area contributed by atoms with Crippen molar-refractivity contribution < 1.29 is 4.79 Å². The Morgan fingerprint density at radius 3 is 2.27 bits per heavy atom. The van der Waals surface area contributed by atoms with Crippen LogP contribution >= 0.6 is 22.9 Å². The van der Waals surface area contributed by atoms with Crippen molar-refractivity contribution in [3.8, 4) is 0 Å². The Kier molecular flexibility index (Phi) is 3.91. The first-order valence-corrected chi connectivity index (χ1v) is 10.7. The fraction of sp³-hybridized carbons (Fsp3) is 0.524. The first-order valence-electron chi connectivity index (χ1n) is 9.55. The molecule has 136 valence electrons. The van der Waals surface area contributed by atoms with Crippen molar-refractivity contribution in [2.75, 3.05) is 5.32 Å². The fourth-order valence-electron chi connectivity index (χ4n) is 6.11. The maximum atomic E-state index is 12.5. The molecule has 1 amide bonds. The number of halogens is 1. The minimum Gasteiger partial charge on any atom is -0.298 e. The number of thiazole rings is 1. The number of nitrogens with zero attached hydrogens (tertiary/aromatic N) is 1. The average Bonchev–Trinajstić information content (AvgIpc) is 2.95. The number of nitrogens with one attached hydrogen (secondary N) is 1. The smallest absolute Gasteiger partial charge is 0.257 e. The van der Waals surface area contributed by atoms with Crippen LogP contribution < -0.4 is 5.32 Å². The maximum Gasteiger partial charge on any atom is 0.257 e. The Bertz CT molecular complexity index is 822. The van der Waals surface area contributed by atoms with Crippen molar-refractivity contribution in [2.24, 2.45) is 17.8 Å². The summed E-state index contributed by atoms with van der Waals surface area (Å²) >= 11 is 7.53. The molecule has 0 atom stereocenters. The van der Waals surface area contributed by atoms with Gasteiger partial charge in [-0.2, -0.15) is 0 Å². The number of carbonyl (C=O) groups excluding carboxylic acids is 1. The van der Waals surface area contributed by atoms with E-state index in [4.69, 9.17) is 16.6 Å². The van der Waals surface area contributed by atoms with Crippen molar-refractivity contribution in [1.82, 2.24) is 4.98 Å². The quantitative estimate of drug-likeness (QED) is 0.721. The van der Waals surface area contributed by atoms with E-state index in [9.17, 15) is 4.79 Å². The normalized spacial score (nSPS) is 32.0. The average molecular weight is 387 g/mol. The number of aromatic nitrogens is 1. The summed E-state index contributed by atoms with van der Waals surface area (Å²) in [5.74, 6) is 2.57. The molecule has 1 aromatic heterocycles. The Morgan fingerprint density at radius 1 is 1.12 bits per heavy atom. The third-order valence-electron chi connectivity index (χ3n) is 6.66. The summed E-state index contributed by atoms with van der Waals surface area (Å²) in [7, 11) is 0. The molecule has 1 aromatic carbocycles. The highest BCUT2D eigenvalue weighted by molar-refractivity contribution is 7.15. The Balaban J connectivity index is 1.40. The van der Waals surface area contributed by atoms with Gasteiger partial charge < -0.3 is 0 Å². The van der Waals surface area contributed by atoms with E-state index < -0.39 is 0 Å². The van der Waals surface area contributed by atoms with Gasteiger partial charge in [0.1, 0.15) is 0 Å². The number of anilines is 1. The van der Waals surface area contributed by atoms with E-state index in [0.29, 0.717) is 10.6 Å². The van der Waals surface area contributed by atoms with Gasteiger partial charge in [-0.15, -0.1) is 11.3 Å². The van der Waals surface area contributed by atoms with Gasteiger partial charge >= 0.3 is 0 Å². The molecule has 1 N–H and O–H groups in total. The summed E-state index contributed by atoms with van der Waals surface area (Å²) in [6.07, 6.45) is 8.20. The summed E-state index contributed by atoms with van der Waals surface area (Å²) in [5, 5.41) is 4.36. The first kappa shape index (κ1) is 16.8. The predicted molar refractivity (Wildman–Crippen MR) is 106 cm³/mol. The van der Waals surface area contributed by atoms with Crippen LogP contribution in [0.15, 0.2) is 24.3 Å². The summed E-state index contributed by atoms with van der Waals surface area (Å²) in [6.45, 7) is 2.17. The molecule has 2 aromatic rings. The van der Waals surface area contributed by atoms with Gasteiger partial charge in [-0.3, -0.25) is 10.1 Å². The molecule has 0 unspecified atom stereocenters. The van der Waals surface area contributed by atoms with Crippen LogP contribution in [-0.4, -0.2) is 10.9 Å². The largest absolute Gasteiger partial charge is 0.298 e. The zero-order valence-electron chi connectivity index (χ0n) is 14.9. The Hall–Kier alpha value is -1.39. The molecule has 1 heterocycles. The van der Waals surface area contributed by atoms with Crippen LogP contribution in [0.3, 0.4) is 0 Å². The summed E-state index contributed by atoms with van der Waals surface area (Å²) in [4.78, 5) is 18.7. The van der Waals surface area contributed by atoms with Crippen LogP contribution in [0.25, 0.3) is 0 Å². The fourth-order valence-corrected chi connectivity index (χ4v) is 7.17. The van der Waals surface area contributed by atoms with E-state index in [1.165, 1.54) is 49.1 Å². The van der Waals surface area contributed by atoms with Crippen LogP contribution in [0.4, 0.5) is 5.13 Å². The molecule has 4 aliphatic carbocycles. The van der Waals surface area contributed by atoms with E-state index in [1.807, 2.05) is 0 Å². The Labute approximate surface area is 163 Å². The van der Waals surface area contributed by atoms with Gasteiger partial charge in [-0.05, 0) is 87.5 Å². The second kappa shape index (κ2) is 6.07. The molecule has 5 heteroatoms. The molecule has 0 radical (unpaired) electrons. The van der Waals surface area contributed by atoms with Crippen molar-refractivity contribution >= 4 is 34.0 Å². The standard InChI is InChI=1S/C21H23ClN2OS/c1-12-18(21-9-13-6-14(10-21)8-15(7-13)11-21)23-20(26-12)24-19(25)16-2-4-17(22)5-3-16/h2-5,13-15H,6-11H2,1H3,(H,23,24,25). The molecule has 3 nitrogen and oxygen atoms in total. The minimum absolute atomic E-state index is 0.118. The third kappa shape index (κ3) is 2.78. The van der Waals surface area contributed by atoms with Crippen molar-refractivity contribution in [1.29, 1.82) is 0 Å². The van der Waals surface area contributed by atoms with E-state index in [2.05, 4.69) is 12.2 Å². The van der Waals surface area contributed by atoms with Gasteiger partial charge in [-0.1, -0.05) is 11.6 Å². The van der Waals surface area contributed by atoms with Crippen LogP contribution in [0.1, 0.15) is 59.5 Å². The van der Waals surface area contributed by atoms with Crippen molar-refractivity contribution in [2.45, 2.75) is 50.9 Å². The zero-order chi connectivity index (χ0) is 17.9. The number of hydrogen-bond donors (Lipinski definition) is 1. The van der Waals surface area contributed by atoms with Gasteiger partial charge in [0.05, 0.1) is 5.69 Å². The SMILES string of the molecule is Cc1sc(NC(=O)c2ccc(Cl)cc2)nc1C12CC3CC(CC(C3)C1)C2.